The summed E-state index contributed by atoms with van der Waals surface area (Å²) in [6, 6.07) is 9.92. The van der Waals surface area contributed by atoms with Crippen molar-refractivity contribution in [3.8, 4) is 5.69 Å². The van der Waals surface area contributed by atoms with E-state index in [1.807, 2.05) is 48.0 Å². The molecular formula is C14H20N4O2S. The Balaban J connectivity index is 2.04. The number of aromatic nitrogens is 2. The predicted molar refractivity (Wildman–Crippen MR) is 82.6 cm³/mol. The molecule has 0 amide bonds. The molecule has 0 saturated heterocycles. The van der Waals surface area contributed by atoms with Crippen LogP contribution in [0.15, 0.2) is 36.5 Å². The van der Waals surface area contributed by atoms with Gasteiger partial charge in [-0.2, -0.15) is 12.7 Å². The lowest BCUT2D eigenvalue weighted by molar-refractivity contribution is 0.505. The SMILES string of the molecule is Cc1nc(CCNS(=O)(=O)N(C)C)cn1-c1ccccc1. The molecule has 0 saturated carbocycles. The number of aryl methyl sites for hydroxylation is 1. The van der Waals surface area contributed by atoms with Crippen molar-refractivity contribution in [3.05, 3.63) is 48.0 Å². The van der Waals surface area contributed by atoms with E-state index in [1.54, 1.807) is 0 Å². The van der Waals surface area contributed by atoms with E-state index in [0.29, 0.717) is 13.0 Å². The number of hydrogen-bond donors (Lipinski definition) is 1. The van der Waals surface area contributed by atoms with Crippen LogP contribution >= 0.6 is 0 Å². The number of nitrogens with zero attached hydrogens (tertiary/aromatic N) is 3. The Morgan fingerprint density at radius 3 is 2.52 bits per heavy atom. The zero-order valence-corrected chi connectivity index (χ0v) is 13.3. The Morgan fingerprint density at radius 1 is 1.24 bits per heavy atom. The Bertz CT molecular complexity index is 693. The van der Waals surface area contributed by atoms with Crippen LogP contribution in [0.25, 0.3) is 5.69 Å². The molecule has 114 valence electrons. The Labute approximate surface area is 125 Å². The molecule has 1 N–H and O–H groups in total. The maximum Gasteiger partial charge on any atom is 0.278 e. The van der Waals surface area contributed by atoms with E-state index in [9.17, 15) is 8.42 Å². The number of imidazole rings is 1. The maximum atomic E-state index is 11.6. The summed E-state index contributed by atoms with van der Waals surface area (Å²) < 4.78 is 28.9. The lowest BCUT2D eigenvalue weighted by atomic mass is 10.3. The van der Waals surface area contributed by atoms with Crippen LogP contribution in [0.5, 0.6) is 0 Å². The molecule has 2 rings (SSSR count). The highest BCUT2D eigenvalue weighted by atomic mass is 32.2. The standard InChI is InChI=1S/C14H20N4O2S/c1-12-16-13(9-10-15-21(19,20)17(2)3)11-18(12)14-7-5-4-6-8-14/h4-8,11,15H,9-10H2,1-3H3. The number of nitrogens with one attached hydrogen (secondary N) is 1. The van der Waals surface area contributed by atoms with E-state index in [-0.39, 0.29) is 0 Å². The Hall–Kier alpha value is -1.70. The number of benzene rings is 1. The lowest BCUT2D eigenvalue weighted by Gasteiger charge is -2.11. The van der Waals surface area contributed by atoms with Crippen LogP contribution < -0.4 is 4.72 Å². The van der Waals surface area contributed by atoms with Gasteiger partial charge >= 0.3 is 0 Å². The first-order valence-corrected chi connectivity index (χ1v) is 8.11. The van der Waals surface area contributed by atoms with E-state index < -0.39 is 10.2 Å². The summed E-state index contributed by atoms with van der Waals surface area (Å²) in [5.74, 6) is 0.881. The fourth-order valence-electron chi connectivity index (χ4n) is 1.94. The van der Waals surface area contributed by atoms with Gasteiger partial charge in [0, 0.05) is 38.9 Å². The van der Waals surface area contributed by atoms with Gasteiger partial charge in [0.05, 0.1) is 5.69 Å². The van der Waals surface area contributed by atoms with Crippen molar-refractivity contribution in [1.82, 2.24) is 18.6 Å². The summed E-state index contributed by atoms with van der Waals surface area (Å²) in [7, 11) is -0.382. The summed E-state index contributed by atoms with van der Waals surface area (Å²) in [4.78, 5) is 4.47. The Kier molecular flexibility index (Phi) is 4.76. The zero-order valence-electron chi connectivity index (χ0n) is 12.4. The first-order chi connectivity index (χ1) is 9.90. The van der Waals surface area contributed by atoms with Crippen molar-refractivity contribution in [2.45, 2.75) is 13.3 Å². The first kappa shape index (κ1) is 15.7. The normalized spacial score (nSPS) is 12.0. The van der Waals surface area contributed by atoms with Gasteiger partial charge < -0.3 is 4.57 Å². The fraction of sp³-hybridized carbons (Fsp3) is 0.357. The summed E-state index contributed by atoms with van der Waals surface area (Å²) in [5.41, 5.74) is 1.90. The van der Waals surface area contributed by atoms with E-state index in [2.05, 4.69) is 9.71 Å². The minimum absolute atomic E-state index is 0.325. The maximum absolute atomic E-state index is 11.6. The van der Waals surface area contributed by atoms with Crippen molar-refractivity contribution in [3.63, 3.8) is 0 Å². The van der Waals surface area contributed by atoms with Crippen molar-refractivity contribution >= 4 is 10.2 Å². The average molecular weight is 308 g/mol. The molecule has 1 aromatic carbocycles. The molecule has 21 heavy (non-hydrogen) atoms. The van der Waals surface area contributed by atoms with Crippen molar-refractivity contribution in [2.75, 3.05) is 20.6 Å². The van der Waals surface area contributed by atoms with Gasteiger partial charge in [-0.05, 0) is 19.1 Å². The molecule has 0 radical (unpaired) electrons. The summed E-state index contributed by atoms with van der Waals surface area (Å²) in [6.07, 6.45) is 2.49. The molecule has 0 aliphatic heterocycles. The second kappa shape index (κ2) is 6.38. The Morgan fingerprint density at radius 2 is 1.90 bits per heavy atom. The molecule has 0 atom stereocenters. The number of para-hydroxylation sites is 1. The smallest absolute Gasteiger partial charge is 0.278 e. The van der Waals surface area contributed by atoms with Crippen LogP contribution in [0.3, 0.4) is 0 Å². The molecule has 7 heteroatoms. The highest BCUT2D eigenvalue weighted by Crippen LogP contribution is 2.12. The van der Waals surface area contributed by atoms with Crippen LogP contribution in [0.2, 0.25) is 0 Å². The molecule has 2 aromatic rings. The van der Waals surface area contributed by atoms with Crippen LogP contribution in [0.4, 0.5) is 0 Å². The molecule has 0 aliphatic rings. The molecule has 1 heterocycles. The third-order valence-corrected chi connectivity index (χ3v) is 4.64. The van der Waals surface area contributed by atoms with Crippen LogP contribution in [0.1, 0.15) is 11.5 Å². The number of hydrogen-bond acceptors (Lipinski definition) is 3. The van der Waals surface area contributed by atoms with Crippen LogP contribution in [0, 0.1) is 6.92 Å². The quantitative estimate of drug-likeness (QED) is 0.869. The molecule has 0 aliphatic carbocycles. The summed E-state index contributed by atoms with van der Waals surface area (Å²) in [5, 5.41) is 0. The van der Waals surface area contributed by atoms with Gasteiger partial charge in [-0.3, -0.25) is 0 Å². The first-order valence-electron chi connectivity index (χ1n) is 6.67. The third-order valence-electron chi connectivity index (χ3n) is 3.11. The zero-order chi connectivity index (χ0) is 15.5. The van der Waals surface area contributed by atoms with E-state index in [0.717, 1.165) is 21.5 Å². The van der Waals surface area contributed by atoms with Gasteiger partial charge in [0.2, 0.25) is 0 Å². The molecule has 0 unspecified atom stereocenters. The van der Waals surface area contributed by atoms with E-state index in [4.69, 9.17) is 0 Å². The molecular weight excluding hydrogens is 288 g/mol. The van der Waals surface area contributed by atoms with Crippen LogP contribution in [-0.2, 0) is 16.6 Å². The molecule has 0 spiro atoms. The molecule has 0 bridgehead atoms. The molecule has 1 aromatic heterocycles. The minimum Gasteiger partial charge on any atom is -0.304 e. The summed E-state index contributed by atoms with van der Waals surface area (Å²) in [6.45, 7) is 2.26. The summed E-state index contributed by atoms with van der Waals surface area (Å²) >= 11 is 0. The van der Waals surface area contributed by atoms with Crippen molar-refractivity contribution in [2.24, 2.45) is 0 Å². The van der Waals surface area contributed by atoms with Gasteiger partial charge in [0.1, 0.15) is 5.82 Å². The second-order valence-electron chi connectivity index (χ2n) is 4.92. The van der Waals surface area contributed by atoms with Gasteiger partial charge in [-0.1, -0.05) is 18.2 Å². The minimum atomic E-state index is -3.38. The topological polar surface area (TPSA) is 67.2 Å². The molecule has 0 fully saturated rings. The molecule has 6 nitrogen and oxygen atoms in total. The van der Waals surface area contributed by atoms with Gasteiger partial charge in [-0.15, -0.1) is 0 Å². The van der Waals surface area contributed by atoms with Gasteiger partial charge in [-0.25, -0.2) is 9.71 Å². The predicted octanol–water partition coefficient (Wildman–Crippen LogP) is 1.12. The monoisotopic (exact) mass is 308 g/mol. The lowest BCUT2D eigenvalue weighted by Crippen LogP contribution is -2.36. The fourth-order valence-corrected chi connectivity index (χ4v) is 2.56. The third kappa shape index (κ3) is 3.90. The van der Waals surface area contributed by atoms with Gasteiger partial charge in [0.15, 0.2) is 0 Å². The highest BCUT2D eigenvalue weighted by molar-refractivity contribution is 7.87. The van der Waals surface area contributed by atoms with Crippen molar-refractivity contribution < 1.29 is 8.42 Å². The van der Waals surface area contributed by atoms with Crippen LogP contribution in [-0.4, -0.2) is 42.9 Å². The average Bonchev–Trinajstić information content (AvgIpc) is 2.80. The van der Waals surface area contributed by atoms with Gasteiger partial charge in [0.25, 0.3) is 10.2 Å². The van der Waals surface area contributed by atoms with E-state index >= 15 is 0 Å². The largest absolute Gasteiger partial charge is 0.304 e. The highest BCUT2D eigenvalue weighted by Gasteiger charge is 2.12. The second-order valence-corrected chi connectivity index (χ2v) is 6.89. The number of rotatable bonds is 6. The van der Waals surface area contributed by atoms with E-state index in [1.165, 1.54) is 14.1 Å². The van der Waals surface area contributed by atoms with Crippen molar-refractivity contribution in [1.29, 1.82) is 0 Å².